The lowest BCUT2D eigenvalue weighted by Gasteiger charge is -2.06. The summed E-state index contributed by atoms with van der Waals surface area (Å²) in [4.78, 5) is 8.23. The zero-order valence-corrected chi connectivity index (χ0v) is 11.5. The molecule has 3 N–H and O–H groups in total. The summed E-state index contributed by atoms with van der Waals surface area (Å²) in [6.45, 7) is 0.538. The highest BCUT2D eigenvalue weighted by Gasteiger charge is 2.07. The molecule has 6 nitrogen and oxygen atoms in total. The van der Waals surface area contributed by atoms with Crippen LogP contribution in [0.15, 0.2) is 11.4 Å². The number of hydrogen-bond acceptors (Lipinski definition) is 7. The van der Waals surface area contributed by atoms with E-state index in [0.717, 1.165) is 10.2 Å². The Hall–Kier alpha value is -1.41. The van der Waals surface area contributed by atoms with Crippen molar-refractivity contribution in [3.63, 3.8) is 0 Å². The van der Waals surface area contributed by atoms with Gasteiger partial charge in [0.15, 0.2) is 0 Å². The normalized spacial score (nSPS) is 11.8. The van der Waals surface area contributed by atoms with E-state index in [4.69, 9.17) is 5.73 Å². The fourth-order valence-corrected chi connectivity index (χ4v) is 3.01. The summed E-state index contributed by atoms with van der Waals surface area (Å²) in [5.41, 5.74) is 6.41. The summed E-state index contributed by atoms with van der Waals surface area (Å²) in [5.74, 6) is 1.04. The SMILES string of the molecule is CS(=O)(=O)CCCNc1nc(N)nc2ccsc12. The average molecular weight is 286 g/mol. The van der Waals surface area contributed by atoms with Gasteiger partial charge in [-0.25, -0.2) is 13.4 Å². The second-order valence-corrected chi connectivity index (χ2v) is 7.15. The van der Waals surface area contributed by atoms with E-state index in [9.17, 15) is 8.42 Å². The number of nitrogens with one attached hydrogen (secondary N) is 1. The maximum atomic E-state index is 11.0. The van der Waals surface area contributed by atoms with Crippen LogP contribution < -0.4 is 11.1 Å². The van der Waals surface area contributed by atoms with Crippen molar-refractivity contribution in [2.24, 2.45) is 0 Å². The number of hydrogen-bond donors (Lipinski definition) is 2. The Morgan fingerprint density at radius 2 is 2.22 bits per heavy atom. The minimum absolute atomic E-state index is 0.161. The van der Waals surface area contributed by atoms with Crippen molar-refractivity contribution < 1.29 is 8.42 Å². The molecule has 0 amide bonds. The van der Waals surface area contributed by atoms with E-state index < -0.39 is 9.84 Å². The van der Waals surface area contributed by atoms with E-state index >= 15 is 0 Å². The van der Waals surface area contributed by atoms with Crippen molar-refractivity contribution in [2.45, 2.75) is 6.42 Å². The Kier molecular flexibility index (Phi) is 3.67. The second kappa shape index (κ2) is 5.07. The second-order valence-electron chi connectivity index (χ2n) is 3.98. The summed E-state index contributed by atoms with van der Waals surface area (Å²) in [5, 5.41) is 5.02. The van der Waals surface area contributed by atoms with E-state index in [-0.39, 0.29) is 11.7 Å². The molecule has 0 aliphatic heterocycles. The quantitative estimate of drug-likeness (QED) is 0.799. The zero-order chi connectivity index (χ0) is 13.2. The summed E-state index contributed by atoms with van der Waals surface area (Å²) >= 11 is 1.52. The van der Waals surface area contributed by atoms with Gasteiger partial charge in [-0.05, 0) is 17.9 Å². The molecule has 0 spiro atoms. The molecule has 0 unspecified atom stereocenters. The number of sulfone groups is 1. The lowest BCUT2D eigenvalue weighted by Crippen LogP contribution is -2.11. The predicted octanol–water partition coefficient (Wildman–Crippen LogP) is 1.12. The van der Waals surface area contributed by atoms with Gasteiger partial charge in [-0.1, -0.05) is 0 Å². The maximum absolute atomic E-state index is 11.0. The first kappa shape index (κ1) is 13.0. The number of thiophene rings is 1. The van der Waals surface area contributed by atoms with Crippen molar-refractivity contribution in [1.29, 1.82) is 0 Å². The van der Waals surface area contributed by atoms with Crippen LogP contribution in [0.25, 0.3) is 10.2 Å². The van der Waals surface area contributed by atoms with E-state index in [0.29, 0.717) is 18.8 Å². The minimum atomic E-state index is -2.91. The lowest BCUT2D eigenvalue weighted by atomic mass is 10.4. The van der Waals surface area contributed by atoms with Crippen LogP contribution in [0, 0.1) is 0 Å². The van der Waals surface area contributed by atoms with Gasteiger partial charge < -0.3 is 11.1 Å². The molecule has 0 fully saturated rings. The highest BCUT2D eigenvalue weighted by atomic mass is 32.2. The van der Waals surface area contributed by atoms with Gasteiger partial charge in [-0.15, -0.1) is 11.3 Å². The molecule has 18 heavy (non-hydrogen) atoms. The fraction of sp³-hybridized carbons (Fsp3) is 0.400. The van der Waals surface area contributed by atoms with Crippen molar-refractivity contribution in [1.82, 2.24) is 9.97 Å². The molecule has 0 aliphatic rings. The molecule has 2 rings (SSSR count). The average Bonchev–Trinajstić information content (AvgIpc) is 2.70. The highest BCUT2D eigenvalue weighted by molar-refractivity contribution is 7.90. The smallest absolute Gasteiger partial charge is 0.222 e. The Balaban J connectivity index is 2.05. The van der Waals surface area contributed by atoms with Crippen LogP contribution in [-0.2, 0) is 9.84 Å². The molecule has 0 bridgehead atoms. The topological polar surface area (TPSA) is 98.0 Å². The Morgan fingerprint density at radius 1 is 1.44 bits per heavy atom. The molecular weight excluding hydrogens is 272 g/mol. The number of nitrogens with two attached hydrogens (primary N) is 1. The molecular formula is C10H14N4O2S2. The van der Waals surface area contributed by atoms with Crippen molar-refractivity contribution in [3.8, 4) is 0 Å². The molecule has 0 atom stereocenters. The van der Waals surface area contributed by atoms with Crippen LogP contribution in [-0.4, -0.2) is 36.9 Å². The van der Waals surface area contributed by atoms with Gasteiger partial charge >= 0.3 is 0 Å². The van der Waals surface area contributed by atoms with Gasteiger partial charge in [0.1, 0.15) is 15.7 Å². The largest absolute Gasteiger partial charge is 0.369 e. The van der Waals surface area contributed by atoms with Gasteiger partial charge in [-0.3, -0.25) is 0 Å². The first-order chi connectivity index (χ1) is 8.46. The third-order valence-corrected chi connectivity index (χ3v) is 4.25. The summed E-state index contributed by atoms with van der Waals surface area (Å²) in [6, 6.07) is 1.87. The van der Waals surface area contributed by atoms with E-state index in [1.54, 1.807) is 0 Å². The molecule has 0 aliphatic carbocycles. The molecule has 0 saturated carbocycles. The van der Waals surface area contributed by atoms with E-state index in [1.807, 2.05) is 11.4 Å². The minimum Gasteiger partial charge on any atom is -0.369 e. The van der Waals surface area contributed by atoms with Gasteiger partial charge in [0.05, 0.1) is 16.0 Å². The number of nitrogen functional groups attached to an aromatic ring is 1. The molecule has 0 saturated heterocycles. The Labute approximate surface area is 109 Å². The maximum Gasteiger partial charge on any atom is 0.222 e. The third kappa shape index (κ3) is 3.30. The number of rotatable bonds is 5. The molecule has 8 heteroatoms. The summed E-state index contributed by atoms with van der Waals surface area (Å²) in [6.07, 6.45) is 1.77. The third-order valence-electron chi connectivity index (χ3n) is 2.31. The van der Waals surface area contributed by atoms with Crippen LogP contribution in [0.2, 0.25) is 0 Å². The number of fused-ring (bicyclic) bond motifs is 1. The molecule has 98 valence electrons. The number of nitrogens with zero attached hydrogens (tertiary/aromatic N) is 2. The number of aromatic nitrogens is 2. The van der Waals surface area contributed by atoms with Crippen LogP contribution in [0.4, 0.5) is 11.8 Å². The van der Waals surface area contributed by atoms with Crippen molar-refractivity contribution >= 4 is 43.2 Å². The number of anilines is 2. The van der Waals surface area contributed by atoms with E-state index in [2.05, 4.69) is 15.3 Å². The van der Waals surface area contributed by atoms with Gasteiger partial charge in [0, 0.05) is 12.8 Å². The summed E-state index contributed by atoms with van der Waals surface area (Å²) < 4.78 is 22.9. The van der Waals surface area contributed by atoms with Crippen LogP contribution >= 0.6 is 11.3 Å². The van der Waals surface area contributed by atoms with Gasteiger partial charge in [-0.2, -0.15) is 4.98 Å². The van der Waals surface area contributed by atoms with Gasteiger partial charge in [0.2, 0.25) is 5.95 Å². The zero-order valence-electron chi connectivity index (χ0n) is 9.88. The van der Waals surface area contributed by atoms with Crippen molar-refractivity contribution in [3.05, 3.63) is 11.4 Å². The monoisotopic (exact) mass is 286 g/mol. The molecule has 2 aromatic rings. The predicted molar refractivity (Wildman–Crippen MR) is 74.6 cm³/mol. The molecule has 0 aromatic carbocycles. The Bertz CT molecular complexity index is 651. The van der Waals surface area contributed by atoms with Crippen LogP contribution in [0.3, 0.4) is 0 Å². The van der Waals surface area contributed by atoms with E-state index in [1.165, 1.54) is 17.6 Å². The van der Waals surface area contributed by atoms with Crippen LogP contribution in [0.5, 0.6) is 0 Å². The molecule has 2 heterocycles. The Morgan fingerprint density at radius 3 is 2.94 bits per heavy atom. The first-order valence-electron chi connectivity index (χ1n) is 5.38. The standard InChI is InChI=1S/C10H14N4O2S2/c1-18(15,16)6-2-4-12-9-8-7(3-5-17-8)13-10(11)14-9/h3,5H,2,4,6H2,1H3,(H3,11,12,13,14). The highest BCUT2D eigenvalue weighted by Crippen LogP contribution is 2.26. The fourth-order valence-electron chi connectivity index (χ4n) is 1.54. The van der Waals surface area contributed by atoms with Crippen LogP contribution in [0.1, 0.15) is 6.42 Å². The molecule has 2 aromatic heterocycles. The summed E-state index contributed by atoms with van der Waals surface area (Å²) in [7, 11) is -2.91. The molecule has 0 radical (unpaired) electrons. The lowest BCUT2D eigenvalue weighted by molar-refractivity contribution is 0.600. The van der Waals surface area contributed by atoms with Crippen molar-refractivity contribution in [2.75, 3.05) is 29.6 Å². The van der Waals surface area contributed by atoms with Gasteiger partial charge in [0.25, 0.3) is 0 Å². The first-order valence-corrected chi connectivity index (χ1v) is 8.32.